The van der Waals surface area contributed by atoms with Crippen LogP contribution in [0.1, 0.15) is 44.7 Å². The SMILES string of the molecule is CS(=O)(=O)c1ccc(F)c(C(=O)N2CCC[C@@H]3CN(C(=O)c4cccc(Cc5cccc(F)c5)c4)C[C@@H]32)c1. The van der Waals surface area contributed by atoms with Crippen molar-refractivity contribution in [1.29, 1.82) is 0 Å². The van der Waals surface area contributed by atoms with E-state index in [1.54, 1.807) is 28.0 Å². The lowest BCUT2D eigenvalue weighted by atomic mass is 9.91. The van der Waals surface area contributed by atoms with Crippen LogP contribution in [-0.4, -0.2) is 62.0 Å². The van der Waals surface area contributed by atoms with E-state index in [4.69, 9.17) is 0 Å². The van der Waals surface area contributed by atoms with E-state index >= 15 is 0 Å². The van der Waals surface area contributed by atoms with Gasteiger partial charge in [-0.05, 0) is 78.8 Å². The van der Waals surface area contributed by atoms with E-state index in [-0.39, 0.29) is 34.1 Å². The van der Waals surface area contributed by atoms with Crippen molar-refractivity contribution in [1.82, 2.24) is 9.80 Å². The van der Waals surface area contributed by atoms with Crippen molar-refractivity contribution in [3.8, 4) is 0 Å². The summed E-state index contributed by atoms with van der Waals surface area (Å²) in [6.07, 6.45) is 3.05. The first-order chi connectivity index (χ1) is 18.1. The number of halogens is 2. The largest absolute Gasteiger partial charge is 0.336 e. The summed E-state index contributed by atoms with van der Waals surface area (Å²) in [6.45, 7) is 1.21. The van der Waals surface area contributed by atoms with E-state index in [9.17, 15) is 26.8 Å². The molecule has 3 aromatic carbocycles. The van der Waals surface area contributed by atoms with Gasteiger partial charge in [0.2, 0.25) is 0 Å². The minimum absolute atomic E-state index is 0.0493. The van der Waals surface area contributed by atoms with E-state index in [0.717, 1.165) is 42.0 Å². The van der Waals surface area contributed by atoms with Crippen molar-refractivity contribution in [2.45, 2.75) is 30.2 Å². The fraction of sp³-hybridized carbons (Fsp3) is 0.310. The average Bonchev–Trinajstić information content (AvgIpc) is 3.32. The molecule has 198 valence electrons. The Morgan fingerprint density at radius 2 is 1.66 bits per heavy atom. The molecule has 38 heavy (non-hydrogen) atoms. The van der Waals surface area contributed by atoms with Crippen molar-refractivity contribution in [3.63, 3.8) is 0 Å². The Morgan fingerprint density at radius 3 is 2.39 bits per heavy atom. The van der Waals surface area contributed by atoms with Crippen LogP contribution in [0.4, 0.5) is 8.78 Å². The molecule has 2 aliphatic heterocycles. The summed E-state index contributed by atoms with van der Waals surface area (Å²) in [7, 11) is -3.61. The zero-order valence-corrected chi connectivity index (χ0v) is 21.8. The van der Waals surface area contributed by atoms with Gasteiger partial charge in [-0.3, -0.25) is 9.59 Å². The van der Waals surface area contributed by atoms with E-state index in [1.165, 1.54) is 12.1 Å². The lowest BCUT2D eigenvalue weighted by molar-refractivity contribution is 0.0559. The van der Waals surface area contributed by atoms with Crippen LogP contribution < -0.4 is 0 Å². The maximum absolute atomic E-state index is 14.6. The van der Waals surface area contributed by atoms with Gasteiger partial charge in [-0.1, -0.05) is 24.3 Å². The summed E-state index contributed by atoms with van der Waals surface area (Å²) < 4.78 is 52.1. The summed E-state index contributed by atoms with van der Waals surface area (Å²) >= 11 is 0. The molecule has 3 aromatic rings. The Morgan fingerprint density at radius 1 is 0.921 bits per heavy atom. The van der Waals surface area contributed by atoms with Gasteiger partial charge in [0.1, 0.15) is 11.6 Å². The maximum atomic E-state index is 14.6. The molecule has 0 aromatic heterocycles. The van der Waals surface area contributed by atoms with E-state index < -0.39 is 21.6 Å². The number of fused-ring (bicyclic) bond motifs is 1. The Labute approximate surface area is 220 Å². The Balaban J connectivity index is 1.34. The first kappa shape index (κ1) is 26.0. The molecule has 0 radical (unpaired) electrons. The lowest BCUT2D eigenvalue weighted by Gasteiger charge is -2.37. The summed E-state index contributed by atoms with van der Waals surface area (Å²) in [6, 6.07) is 16.6. The van der Waals surface area contributed by atoms with Gasteiger partial charge in [-0.25, -0.2) is 17.2 Å². The van der Waals surface area contributed by atoms with E-state index in [1.807, 2.05) is 18.2 Å². The highest BCUT2D eigenvalue weighted by molar-refractivity contribution is 7.90. The molecule has 0 spiro atoms. The minimum Gasteiger partial charge on any atom is -0.336 e. The third-order valence-corrected chi connectivity index (χ3v) is 8.51. The van der Waals surface area contributed by atoms with Crippen LogP contribution in [0, 0.1) is 17.6 Å². The highest BCUT2D eigenvalue weighted by Gasteiger charge is 2.43. The van der Waals surface area contributed by atoms with Gasteiger partial charge in [0.25, 0.3) is 11.8 Å². The van der Waals surface area contributed by atoms with Crippen LogP contribution in [0.15, 0.2) is 71.6 Å². The Hall–Kier alpha value is -3.59. The second-order valence-electron chi connectivity index (χ2n) is 10.1. The first-order valence-electron chi connectivity index (χ1n) is 12.5. The molecule has 5 rings (SSSR count). The third-order valence-electron chi connectivity index (χ3n) is 7.40. The smallest absolute Gasteiger partial charge is 0.257 e. The highest BCUT2D eigenvalue weighted by Crippen LogP contribution is 2.33. The number of amides is 2. The van der Waals surface area contributed by atoms with Gasteiger partial charge in [-0.15, -0.1) is 0 Å². The van der Waals surface area contributed by atoms with Crippen molar-refractivity contribution in [3.05, 3.63) is 101 Å². The van der Waals surface area contributed by atoms with Crippen LogP contribution in [0.25, 0.3) is 0 Å². The fourth-order valence-corrected chi connectivity index (χ4v) is 6.18. The number of sulfone groups is 1. The lowest BCUT2D eigenvalue weighted by Crippen LogP contribution is -2.48. The first-order valence-corrected chi connectivity index (χ1v) is 14.4. The van der Waals surface area contributed by atoms with Crippen LogP contribution in [0.3, 0.4) is 0 Å². The standard InChI is InChI=1S/C29H28F2N2O4S/c1-38(36,37)24-10-11-26(31)25(16-24)29(35)33-12-4-8-22-17-32(18-27(22)33)28(34)21-7-2-5-19(14-21)13-20-6-3-9-23(30)15-20/h2-3,5-7,9-11,14-16,22,27H,4,8,12-13,17-18H2,1H3/t22-,27+/m1/s1. The third kappa shape index (κ3) is 5.34. The topological polar surface area (TPSA) is 74.8 Å². The van der Waals surface area contributed by atoms with Gasteiger partial charge in [0.05, 0.1) is 16.5 Å². The normalized spacial score (nSPS) is 19.3. The van der Waals surface area contributed by atoms with Crippen molar-refractivity contribution in [2.24, 2.45) is 5.92 Å². The molecule has 0 bridgehead atoms. The maximum Gasteiger partial charge on any atom is 0.257 e. The fourth-order valence-electron chi connectivity index (χ4n) is 5.53. The quantitative estimate of drug-likeness (QED) is 0.453. The number of nitrogens with zero attached hydrogens (tertiary/aromatic N) is 2. The molecule has 0 aliphatic carbocycles. The molecule has 6 nitrogen and oxygen atoms in total. The van der Waals surface area contributed by atoms with Crippen LogP contribution >= 0.6 is 0 Å². The molecule has 2 heterocycles. The second kappa shape index (κ2) is 10.3. The minimum atomic E-state index is -3.61. The van der Waals surface area contributed by atoms with Crippen LogP contribution in [-0.2, 0) is 16.3 Å². The molecule has 0 unspecified atom stereocenters. The van der Waals surface area contributed by atoms with Gasteiger partial charge in [0.15, 0.2) is 9.84 Å². The molecule has 2 atom stereocenters. The number of hydrogen-bond donors (Lipinski definition) is 0. The second-order valence-corrected chi connectivity index (χ2v) is 12.1. The van der Waals surface area contributed by atoms with Crippen molar-refractivity contribution >= 4 is 21.7 Å². The molecular formula is C29H28F2N2O4S. The molecule has 9 heteroatoms. The summed E-state index contributed by atoms with van der Waals surface area (Å²) in [5, 5.41) is 0. The summed E-state index contributed by atoms with van der Waals surface area (Å²) in [4.78, 5) is 30.0. The van der Waals surface area contributed by atoms with Crippen LogP contribution in [0.5, 0.6) is 0 Å². The number of likely N-dealkylation sites (tertiary alicyclic amines) is 2. The predicted octanol–water partition coefficient (Wildman–Crippen LogP) is 4.34. The predicted molar refractivity (Wildman–Crippen MR) is 139 cm³/mol. The van der Waals surface area contributed by atoms with E-state index in [2.05, 4.69) is 0 Å². The van der Waals surface area contributed by atoms with Gasteiger partial charge in [-0.2, -0.15) is 0 Å². The van der Waals surface area contributed by atoms with Gasteiger partial charge < -0.3 is 9.80 Å². The van der Waals surface area contributed by atoms with Gasteiger partial charge >= 0.3 is 0 Å². The number of hydrogen-bond acceptors (Lipinski definition) is 4. The number of piperidine rings is 1. The Bertz CT molecular complexity index is 1510. The Kier molecular flexibility index (Phi) is 7.05. The molecular weight excluding hydrogens is 510 g/mol. The zero-order valence-electron chi connectivity index (χ0n) is 20.9. The molecule has 2 aliphatic rings. The molecule has 2 fully saturated rings. The number of carbonyl (C=O) groups is 2. The van der Waals surface area contributed by atoms with Crippen molar-refractivity contribution < 1.29 is 26.8 Å². The highest BCUT2D eigenvalue weighted by atomic mass is 32.2. The van der Waals surface area contributed by atoms with Crippen molar-refractivity contribution in [2.75, 3.05) is 25.9 Å². The summed E-state index contributed by atoms with van der Waals surface area (Å²) in [5.41, 5.74) is 1.94. The number of rotatable bonds is 5. The van der Waals surface area contributed by atoms with Crippen LogP contribution in [0.2, 0.25) is 0 Å². The van der Waals surface area contributed by atoms with E-state index in [0.29, 0.717) is 38.0 Å². The molecule has 0 N–H and O–H groups in total. The zero-order chi connectivity index (χ0) is 27.0. The molecule has 2 saturated heterocycles. The molecule has 2 amide bonds. The number of carbonyl (C=O) groups excluding carboxylic acids is 2. The average molecular weight is 539 g/mol. The van der Waals surface area contributed by atoms with Gasteiger partial charge in [0, 0.05) is 31.5 Å². The summed E-state index contributed by atoms with van der Waals surface area (Å²) in [5.74, 6) is -1.75. The monoisotopic (exact) mass is 538 g/mol. The molecule has 0 saturated carbocycles. The number of benzene rings is 3.